The fraction of sp³-hybridized carbons (Fsp3) is 0.316. The molecule has 0 radical (unpaired) electrons. The molecule has 128 valence electrons. The molecule has 1 saturated heterocycles. The molecule has 1 aliphatic rings. The highest BCUT2D eigenvalue weighted by molar-refractivity contribution is 5.80. The number of amides is 1. The minimum Gasteiger partial charge on any atom is -0.341 e. The number of fused-ring (bicyclic) bond motifs is 1. The van der Waals surface area contributed by atoms with Crippen LogP contribution in [0.4, 0.5) is 0 Å². The molecular weight excluding hydrogens is 316 g/mol. The summed E-state index contributed by atoms with van der Waals surface area (Å²) in [6.45, 7) is 2.28. The van der Waals surface area contributed by atoms with E-state index in [1.165, 1.54) is 4.57 Å². The molecule has 0 spiro atoms. The first-order valence-electron chi connectivity index (χ1n) is 8.57. The Kier molecular flexibility index (Phi) is 4.09. The molecule has 6 nitrogen and oxygen atoms in total. The molecule has 1 amide bonds. The zero-order valence-corrected chi connectivity index (χ0v) is 14.0. The van der Waals surface area contributed by atoms with Crippen LogP contribution in [-0.2, 0) is 17.9 Å². The third-order valence-corrected chi connectivity index (χ3v) is 4.73. The van der Waals surface area contributed by atoms with Crippen LogP contribution in [0.25, 0.3) is 10.9 Å². The zero-order chi connectivity index (χ0) is 17.2. The van der Waals surface area contributed by atoms with Crippen molar-refractivity contribution in [2.24, 2.45) is 0 Å². The van der Waals surface area contributed by atoms with Crippen LogP contribution in [-0.4, -0.2) is 38.0 Å². The summed E-state index contributed by atoms with van der Waals surface area (Å²) in [5, 5.41) is 0.888. The summed E-state index contributed by atoms with van der Waals surface area (Å²) in [5.74, 6) is 0.0179. The van der Waals surface area contributed by atoms with Gasteiger partial charge in [0.2, 0.25) is 5.91 Å². The summed E-state index contributed by atoms with van der Waals surface area (Å²) in [7, 11) is 0. The lowest BCUT2D eigenvalue weighted by Crippen LogP contribution is -2.34. The molecule has 6 heteroatoms. The van der Waals surface area contributed by atoms with Crippen LogP contribution >= 0.6 is 0 Å². The van der Waals surface area contributed by atoms with E-state index in [1.807, 2.05) is 39.9 Å². The fourth-order valence-corrected chi connectivity index (χ4v) is 3.40. The maximum Gasteiger partial charge on any atom is 0.275 e. The van der Waals surface area contributed by atoms with Gasteiger partial charge >= 0.3 is 0 Å². The molecule has 3 aromatic heterocycles. The van der Waals surface area contributed by atoms with Crippen molar-refractivity contribution in [3.8, 4) is 0 Å². The molecule has 1 fully saturated rings. The molecule has 0 aromatic carbocycles. The largest absolute Gasteiger partial charge is 0.341 e. The Labute approximate surface area is 145 Å². The van der Waals surface area contributed by atoms with Gasteiger partial charge < -0.3 is 14.0 Å². The first-order chi connectivity index (χ1) is 12.2. The van der Waals surface area contributed by atoms with Crippen LogP contribution in [0.1, 0.15) is 18.4 Å². The Hall–Kier alpha value is -2.89. The monoisotopic (exact) mass is 336 g/mol. The lowest BCUT2D eigenvalue weighted by atomic mass is 10.3. The Morgan fingerprint density at radius 3 is 2.56 bits per heavy atom. The van der Waals surface area contributed by atoms with Crippen LogP contribution in [0.3, 0.4) is 0 Å². The molecule has 0 aliphatic carbocycles. The van der Waals surface area contributed by atoms with Gasteiger partial charge in [0, 0.05) is 49.8 Å². The van der Waals surface area contributed by atoms with E-state index in [4.69, 9.17) is 0 Å². The van der Waals surface area contributed by atoms with Crippen LogP contribution < -0.4 is 5.56 Å². The van der Waals surface area contributed by atoms with Crippen molar-refractivity contribution in [3.05, 3.63) is 65.0 Å². The molecule has 0 atom stereocenters. The minimum atomic E-state index is -0.126. The van der Waals surface area contributed by atoms with Gasteiger partial charge in [-0.05, 0) is 36.6 Å². The van der Waals surface area contributed by atoms with E-state index in [0.717, 1.165) is 36.9 Å². The second-order valence-corrected chi connectivity index (χ2v) is 6.45. The van der Waals surface area contributed by atoms with E-state index in [1.54, 1.807) is 18.6 Å². The molecule has 4 rings (SSSR count). The maximum atomic E-state index is 12.9. The highest BCUT2D eigenvalue weighted by Gasteiger charge is 2.19. The molecule has 0 bridgehead atoms. The first-order valence-corrected chi connectivity index (χ1v) is 8.57. The number of hydrogen-bond donors (Lipinski definition) is 0. The van der Waals surface area contributed by atoms with Gasteiger partial charge in [-0.25, -0.2) is 0 Å². The lowest BCUT2D eigenvalue weighted by Gasteiger charge is -2.16. The lowest BCUT2D eigenvalue weighted by molar-refractivity contribution is -0.130. The van der Waals surface area contributed by atoms with Crippen LogP contribution in [0.15, 0.2) is 53.8 Å². The molecule has 3 aromatic rings. The highest BCUT2D eigenvalue weighted by atomic mass is 16.2. The van der Waals surface area contributed by atoms with Gasteiger partial charge in [0.25, 0.3) is 5.56 Å². The van der Waals surface area contributed by atoms with Crippen LogP contribution in [0, 0.1) is 0 Å². The topological polar surface area (TPSA) is 60.1 Å². The summed E-state index contributed by atoms with van der Waals surface area (Å²) >= 11 is 0. The quantitative estimate of drug-likeness (QED) is 0.731. The van der Waals surface area contributed by atoms with Gasteiger partial charge in [-0.15, -0.1) is 0 Å². The number of hydrogen-bond acceptors (Lipinski definition) is 3. The highest BCUT2D eigenvalue weighted by Crippen LogP contribution is 2.14. The second kappa shape index (κ2) is 6.55. The molecular formula is C19H20N4O2. The van der Waals surface area contributed by atoms with Gasteiger partial charge in [0.15, 0.2) is 0 Å². The Morgan fingerprint density at radius 2 is 1.84 bits per heavy atom. The van der Waals surface area contributed by atoms with Gasteiger partial charge in [-0.3, -0.25) is 14.6 Å². The Balaban J connectivity index is 1.65. The SMILES string of the molecule is O=C(Cn1ccc2ccn(Cc3cccnc3)c2c1=O)N1CCCC1. The van der Waals surface area contributed by atoms with E-state index in [2.05, 4.69) is 4.98 Å². The molecule has 1 aliphatic heterocycles. The normalized spacial score (nSPS) is 14.3. The summed E-state index contributed by atoms with van der Waals surface area (Å²) in [4.78, 5) is 31.2. The summed E-state index contributed by atoms with van der Waals surface area (Å²) in [5.41, 5.74) is 1.53. The molecule has 0 N–H and O–H groups in total. The maximum absolute atomic E-state index is 12.9. The van der Waals surface area contributed by atoms with Gasteiger partial charge in [0.05, 0.1) is 0 Å². The van der Waals surface area contributed by atoms with Crippen LogP contribution in [0.2, 0.25) is 0 Å². The van der Waals surface area contributed by atoms with E-state index >= 15 is 0 Å². The Morgan fingerprint density at radius 1 is 1.08 bits per heavy atom. The smallest absolute Gasteiger partial charge is 0.275 e. The van der Waals surface area contributed by atoms with E-state index in [9.17, 15) is 9.59 Å². The summed E-state index contributed by atoms with van der Waals surface area (Å²) in [6.07, 6.45) is 9.25. The summed E-state index contributed by atoms with van der Waals surface area (Å²) in [6, 6.07) is 7.69. The molecule has 25 heavy (non-hydrogen) atoms. The number of aromatic nitrogens is 3. The minimum absolute atomic E-state index is 0.0179. The molecule has 4 heterocycles. The fourth-order valence-electron chi connectivity index (χ4n) is 3.40. The number of carbonyl (C=O) groups is 1. The Bertz CT molecular complexity index is 952. The zero-order valence-electron chi connectivity index (χ0n) is 14.0. The number of nitrogens with zero attached hydrogens (tertiary/aromatic N) is 4. The predicted molar refractivity (Wildman–Crippen MR) is 95.4 cm³/mol. The van der Waals surface area contributed by atoms with Crippen LogP contribution in [0.5, 0.6) is 0 Å². The van der Waals surface area contributed by atoms with Gasteiger partial charge in [-0.1, -0.05) is 6.07 Å². The average Bonchev–Trinajstić information content (AvgIpc) is 3.29. The number of likely N-dealkylation sites (tertiary alicyclic amines) is 1. The molecule has 0 unspecified atom stereocenters. The predicted octanol–water partition coefficient (Wildman–Crippen LogP) is 1.87. The van der Waals surface area contributed by atoms with Crippen molar-refractivity contribution in [1.82, 2.24) is 19.0 Å². The number of rotatable bonds is 4. The standard InChI is InChI=1S/C19H20N4O2/c24-17(21-8-1-2-9-21)14-23-11-6-16-5-10-22(18(16)19(23)25)13-15-4-3-7-20-12-15/h3-7,10-12H,1-2,8-9,13-14H2. The van der Waals surface area contributed by atoms with E-state index in [0.29, 0.717) is 12.1 Å². The van der Waals surface area contributed by atoms with Crippen molar-refractivity contribution in [2.75, 3.05) is 13.1 Å². The van der Waals surface area contributed by atoms with E-state index < -0.39 is 0 Å². The number of pyridine rings is 2. The van der Waals surface area contributed by atoms with Crippen molar-refractivity contribution in [3.63, 3.8) is 0 Å². The first kappa shape index (κ1) is 15.6. The van der Waals surface area contributed by atoms with Gasteiger partial charge in [0.1, 0.15) is 12.1 Å². The van der Waals surface area contributed by atoms with Crippen molar-refractivity contribution >= 4 is 16.8 Å². The second-order valence-electron chi connectivity index (χ2n) is 6.45. The van der Waals surface area contributed by atoms with Crippen molar-refractivity contribution in [1.29, 1.82) is 0 Å². The van der Waals surface area contributed by atoms with Crippen molar-refractivity contribution < 1.29 is 4.79 Å². The van der Waals surface area contributed by atoms with Gasteiger partial charge in [-0.2, -0.15) is 0 Å². The van der Waals surface area contributed by atoms with E-state index in [-0.39, 0.29) is 18.0 Å². The van der Waals surface area contributed by atoms with Crippen molar-refractivity contribution in [2.45, 2.75) is 25.9 Å². The third kappa shape index (κ3) is 3.07. The average molecular weight is 336 g/mol. The summed E-state index contributed by atoms with van der Waals surface area (Å²) < 4.78 is 3.44. The third-order valence-electron chi connectivity index (χ3n) is 4.73. The number of carbonyl (C=O) groups excluding carboxylic acids is 1. The molecule has 0 saturated carbocycles.